The number of hydrogen-bond acceptors (Lipinski definition) is 7. The number of esters is 2. The molecule has 2 aliphatic heterocycles. The van der Waals surface area contributed by atoms with E-state index in [4.69, 9.17) is 33.1 Å². The van der Waals surface area contributed by atoms with Crippen molar-refractivity contribution in [2.45, 2.75) is 53.4 Å². The third kappa shape index (κ3) is 6.53. The van der Waals surface area contributed by atoms with Crippen molar-refractivity contribution in [2.24, 2.45) is 0 Å². The Kier molecular flexibility index (Phi) is 9.75. The topological polar surface area (TPSA) is 124 Å². The van der Waals surface area contributed by atoms with Crippen LogP contribution in [0.1, 0.15) is 71.7 Å². The van der Waals surface area contributed by atoms with Crippen LogP contribution in [0.4, 0.5) is 0 Å². The summed E-state index contributed by atoms with van der Waals surface area (Å²) < 4.78 is 18.0. The molecule has 0 aliphatic carbocycles. The van der Waals surface area contributed by atoms with Gasteiger partial charge >= 0.3 is 33.0 Å². The molecule has 5 heterocycles. The first-order valence-electron chi connectivity index (χ1n) is 13.5. The summed E-state index contributed by atoms with van der Waals surface area (Å²) in [5.74, 6) is -0.558. The first kappa shape index (κ1) is 30.9. The van der Waals surface area contributed by atoms with E-state index in [9.17, 15) is 9.59 Å². The molecule has 42 heavy (non-hydrogen) atoms. The molecule has 215 valence electrons. The van der Waals surface area contributed by atoms with Gasteiger partial charge in [-0.1, -0.05) is 40.5 Å². The van der Waals surface area contributed by atoms with E-state index in [1.165, 1.54) is 14.2 Å². The van der Waals surface area contributed by atoms with Gasteiger partial charge in [0.05, 0.1) is 37.0 Å². The van der Waals surface area contributed by atoms with Crippen LogP contribution in [0.3, 0.4) is 0 Å². The number of nitrogens with zero attached hydrogens (tertiary/aromatic N) is 4. The SMILES string of the molecule is COC(=O)CCc1c(C)c2cc3nc(cc4nc(cc5[n-]c(cc1[n-]2)c(CCC(=O)OC)c5C)C(C)=C4)C(C)=C3.[O]=[V+2]. The third-order valence-electron chi connectivity index (χ3n) is 7.54. The normalized spacial score (nSPS) is 12.2. The molecule has 0 radical (unpaired) electrons. The number of allylic oxidation sites excluding steroid dienone is 2. The van der Waals surface area contributed by atoms with Gasteiger partial charge in [0.1, 0.15) is 0 Å². The second kappa shape index (κ2) is 13.3. The number of hydrogen-bond donors (Lipinski definition) is 0. The van der Waals surface area contributed by atoms with Crippen LogP contribution < -0.4 is 9.97 Å². The minimum absolute atomic E-state index is 0.238. The summed E-state index contributed by atoms with van der Waals surface area (Å²) in [6.07, 6.45) is 5.52. The number of fused-ring (bicyclic) bond motifs is 8. The maximum atomic E-state index is 12.0. The number of methoxy groups -OCH3 is 2. The van der Waals surface area contributed by atoms with Crippen molar-refractivity contribution in [1.82, 2.24) is 19.9 Å². The molecule has 0 aromatic carbocycles. The Balaban J connectivity index is 0.00000198. The first-order chi connectivity index (χ1) is 20.2. The summed E-state index contributed by atoms with van der Waals surface area (Å²) in [5, 5.41) is 0. The van der Waals surface area contributed by atoms with Gasteiger partial charge in [-0.05, 0) is 69.9 Å². The quantitative estimate of drug-likeness (QED) is 0.341. The molecule has 0 amide bonds. The van der Waals surface area contributed by atoms with Crippen LogP contribution in [0, 0.1) is 13.8 Å². The number of carbonyl (C=O) groups is 2. The summed E-state index contributed by atoms with van der Waals surface area (Å²) in [6, 6.07) is 7.91. The predicted octanol–water partition coefficient (Wildman–Crippen LogP) is 5.40. The molecule has 10 heteroatoms. The van der Waals surface area contributed by atoms with Gasteiger partial charge in [0.15, 0.2) is 0 Å². The second-order valence-corrected chi connectivity index (χ2v) is 10.2. The molecule has 3 aromatic rings. The fraction of sp³-hybridized carbons (Fsp3) is 0.312. The monoisotopic (exact) mass is 603 g/mol. The Morgan fingerprint density at radius 2 is 1.10 bits per heavy atom. The summed E-state index contributed by atoms with van der Waals surface area (Å²) in [6.45, 7) is 8.10. The molecule has 3 aromatic heterocycles. The standard InChI is InChI=1S/C32H32N4O4.O.V/c1-17-11-22-14-27-19(3)23(7-9-31(37)39-5)29(35-27)16-30-24(8-10-32(38)40-6)20(4)28(36-30)15-26-18(2)12-21(34-26)13-25(17)33-22;;/h11-16H,7-10H2,1-6H3;;/q-2;;+2. The summed E-state index contributed by atoms with van der Waals surface area (Å²) in [4.78, 5) is 43.7. The fourth-order valence-corrected chi connectivity index (χ4v) is 5.15. The summed E-state index contributed by atoms with van der Waals surface area (Å²) in [5.41, 5.74) is 12.4. The van der Waals surface area contributed by atoms with Crippen molar-refractivity contribution in [3.05, 3.63) is 69.3 Å². The van der Waals surface area contributed by atoms with Crippen LogP contribution in [0.15, 0.2) is 24.3 Å². The number of carbonyl (C=O) groups excluding carboxylic acids is 2. The summed E-state index contributed by atoms with van der Waals surface area (Å²) >= 11 is 1.06. The van der Waals surface area contributed by atoms with E-state index in [0.29, 0.717) is 12.8 Å². The molecule has 0 atom stereocenters. The van der Waals surface area contributed by atoms with Crippen LogP contribution in [0.5, 0.6) is 0 Å². The zero-order valence-electron chi connectivity index (χ0n) is 24.6. The van der Waals surface area contributed by atoms with Crippen LogP contribution in [-0.4, -0.2) is 36.1 Å². The average molecular weight is 604 g/mol. The minimum atomic E-state index is -0.279. The van der Waals surface area contributed by atoms with Gasteiger partial charge in [-0.15, -0.1) is 22.1 Å². The van der Waals surface area contributed by atoms with E-state index in [1.54, 1.807) is 0 Å². The third-order valence-corrected chi connectivity index (χ3v) is 7.54. The predicted molar refractivity (Wildman–Crippen MR) is 157 cm³/mol. The molecule has 5 rings (SSSR count). The van der Waals surface area contributed by atoms with Crippen LogP contribution in [-0.2, 0) is 52.9 Å². The molecule has 0 saturated heterocycles. The van der Waals surface area contributed by atoms with E-state index in [1.807, 2.05) is 64.1 Å². The molecule has 2 aliphatic rings. The van der Waals surface area contributed by atoms with E-state index < -0.39 is 0 Å². The summed E-state index contributed by atoms with van der Waals surface area (Å²) in [7, 11) is 2.79. The van der Waals surface area contributed by atoms with Gasteiger partial charge in [0.2, 0.25) is 0 Å². The van der Waals surface area contributed by atoms with E-state index in [-0.39, 0.29) is 24.8 Å². The number of aromatic nitrogens is 4. The van der Waals surface area contributed by atoms with Crippen LogP contribution >= 0.6 is 0 Å². The Labute approximate surface area is 253 Å². The Bertz CT molecular complexity index is 1780. The first-order valence-corrected chi connectivity index (χ1v) is 14.1. The molecule has 0 saturated carbocycles. The van der Waals surface area contributed by atoms with Gasteiger partial charge < -0.3 is 19.4 Å². The van der Waals surface area contributed by atoms with Gasteiger partial charge in [-0.2, -0.15) is 0 Å². The molecule has 9 nitrogen and oxygen atoms in total. The Hall–Kier alpha value is -4.08. The number of ether oxygens (including phenoxy) is 2. The van der Waals surface area contributed by atoms with Gasteiger partial charge in [-0.3, -0.25) is 9.59 Å². The molecule has 0 spiro atoms. The van der Waals surface area contributed by atoms with Crippen molar-refractivity contribution in [3.63, 3.8) is 0 Å². The fourth-order valence-electron chi connectivity index (χ4n) is 5.15. The molecular formula is C32H32N4O5V. The van der Waals surface area contributed by atoms with E-state index in [2.05, 4.69) is 0 Å². The van der Waals surface area contributed by atoms with E-state index in [0.717, 1.165) is 95.6 Å². The van der Waals surface area contributed by atoms with Crippen LogP contribution in [0.2, 0.25) is 0 Å². The van der Waals surface area contributed by atoms with Crippen molar-refractivity contribution >= 4 is 57.3 Å². The Morgan fingerprint density at radius 1 is 0.667 bits per heavy atom. The van der Waals surface area contributed by atoms with Crippen molar-refractivity contribution in [2.75, 3.05) is 14.2 Å². The number of rotatable bonds is 6. The van der Waals surface area contributed by atoms with Crippen molar-refractivity contribution in [1.29, 1.82) is 0 Å². The Morgan fingerprint density at radius 3 is 1.57 bits per heavy atom. The maximum absolute atomic E-state index is 12.0. The van der Waals surface area contributed by atoms with Gasteiger partial charge in [-0.25, -0.2) is 9.97 Å². The zero-order valence-corrected chi connectivity index (χ0v) is 26.0. The second-order valence-electron chi connectivity index (χ2n) is 10.2. The van der Waals surface area contributed by atoms with Crippen molar-refractivity contribution < 1.29 is 40.1 Å². The van der Waals surface area contributed by atoms with Crippen LogP contribution in [0.25, 0.3) is 45.4 Å². The van der Waals surface area contributed by atoms with Crippen molar-refractivity contribution in [3.8, 4) is 0 Å². The zero-order chi connectivity index (χ0) is 30.6. The van der Waals surface area contributed by atoms with E-state index >= 15 is 0 Å². The molecule has 0 fully saturated rings. The molecule has 0 N–H and O–H groups in total. The molecule has 8 bridgehead atoms. The molecule has 0 unspecified atom stereocenters. The average Bonchev–Trinajstić information content (AvgIpc) is 3.67. The number of aryl methyl sites for hydroxylation is 4. The van der Waals surface area contributed by atoms with Gasteiger partial charge in [0.25, 0.3) is 0 Å². The molecular weight excluding hydrogens is 571 g/mol. The van der Waals surface area contributed by atoms with Gasteiger partial charge in [0, 0.05) is 12.8 Å².